The number of rotatable bonds is 4. The fourth-order valence-corrected chi connectivity index (χ4v) is 2.03. The average Bonchev–Trinajstić information content (AvgIpc) is 3.23. The van der Waals surface area contributed by atoms with Gasteiger partial charge in [-0.3, -0.25) is 0 Å². The zero-order valence-electron chi connectivity index (χ0n) is 10.6. The minimum Gasteiger partial charge on any atom is -0.352 e. The van der Waals surface area contributed by atoms with Gasteiger partial charge in [-0.2, -0.15) is 0 Å². The van der Waals surface area contributed by atoms with Gasteiger partial charge in [0.15, 0.2) is 0 Å². The average molecular weight is 276 g/mol. The topological polar surface area (TPSA) is 54.8 Å². The van der Waals surface area contributed by atoms with Crippen molar-refractivity contribution >= 4 is 17.4 Å². The smallest absolute Gasteiger partial charge is 0.147 e. The van der Waals surface area contributed by atoms with E-state index in [2.05, 4.69) is 19.9 Å². The fraction of sp³-hybridized carbons (Fsp3) is 0.385. The van der Waals surface area contributed by atoms with E-state index >= 15 is 0 Å². The SMILES string of the molecule is CN(Cc1ncccn1)c1cc(Cl)nc(C2CC2)n1. The van der Waals surface area contributed by atoms with Crippen molar-refractivity contribution in [1.82, 2.24) is 19.9 Å². The van der Waals surface area contributed by atoms with Crippen LogP contribution in [-0.2, 0) is 6.54 Å². The standard InChI is InChI=1S/C13H14ClN5/c1-19(8-11-15-5-2-6-16-11)12-7-10(14)17-13(18-12)9-3-4-9/h2,5-7,9H,3-4,8H2,1H3. The van der Waals surface area contributed by atoms with Crippen molar-refractivity contribution in [1.29, 1.82) is 0 Å². The molecule has 0 radical (unpaired) electrons. The Morgan fingerprint density at radius 1 is 1.26 bits per heavy atom. The highest BCUT2D eigenvalue weighted by Gasteiger charge is 2.27. The first-order chi connectivity index (χ1) is 9.22. The Kier molecular flexibility index (Phi) is 3.29. The number of anilines is 1. The Morgan fingerprint density at radius 2 is 2.00 bits per heavy atom. The quantitative estimate of drug-likeness (QED) is 0.802. The highest BCUT2D eigenvalue weighted by Crippen LogP contribution is 2.39. The van der Waals surface area contributed by atoms with Crippen LogP contribution in [0.3, 0.4) is 0 Å². The Hall–Kier alpha value is -1.75. The van der Waals surface area contributed by atoms with E-state index in [9.17, 15) is 0 Å². The van der Waals surface area contributed by atoms with E-state index in [4.69, 9.17) is 11.6 Å². The Labute approximate surface area is 116 Å². The van der Waals surface area contributed by atoms with Gasteiger partial charge in [-0.15, -0.1) is 0 Å². The second kappa shape index (κ2) is 5.09. The van der Waals surface area contributed by atoms with Gasteiger partial charge in [0.05, 0.1) is 6.54 Å². The van der Waals surface area contributed by atoms with E-state index < -0.39 is 0 Å². The Morgan fingerprint density at radius 3 is 2.68 bits per heavy atom. The minimum atomic E-state index is 0.485. The molecule has 19 heavy (non-hydrogen) atoms. The van der Waals surface area contributed by atoms with Gasteiger partial charge in [0.2, 0.25) is 0 Å². The van der Waals surface area contributed by atoms with E-state index in [1.165, 1.54) is 0 Å². The van der Waals surface area contributed by atoms with Gasteiger partial charge in [0.1, 0.15) is 22.6 Å². The van der Waals surface area contributed by atoms with Gasteiger partial charge >= 0.3 is 0 Å². The molecule has 2 aromatic heterocycles. The second-order valence-electron chi connectivity index (χ2n) is 4.70. The van der Waals surface area contributed by atoms with Crippen molar-refractivity contribution in [2.24, 2.45) is 0 Å². The van der Waals surface area contributed by atoms with Crippen molar-refractivity contribution in [2.45, 2.75) is 25.3 Å². The molecule has 0 amide bonds. The molecule has 5 nitrogen and oxygen atoms in total. The summed E-state index contributed by atoms with van der Waals surface area (Å²) in [5.41, 5.74) is 0. The van der Waals surface area contributed by atoms with Gasteiger partial charge in [0, 0.05) is 31.4 Å². The minimum absolute atomic E-state index is 0.485. The molecule has 2 aromatic rings. The summed E-state index contributed by atoms with van der Waals surface area (Å²) in [4.78, 5) is 19.2. The third-order valence-corrected chi connectivity index (χ3v) is 3.22. The first kappa shape index (κ1) is 12.3. The summed E-state index contributed by atoms with van der Waals surface area (Å²) in [6.45, 7) is 0.596. The maximum absolute atomic E-state index is 6.06. The number of hydrogen-bond donors (Lipinski definition) is 0. The van der Waals surface area contributed by atoms with Crippen molar-refractivity contribution in [3.8, 4) is 0 Å². The molecule has 6 heteroatoms. The van der Waals surface area contributed by atoms with Crippen molar-refractivity contribution < 1.29 is 0 Å². The molecule has 3 rings (SSSR count). The summed E-state index contributed by atoms with van der Waals surface area (Å²) in [7, 11) is 1.95. The second-order valence-corrected chi connectivity index (χ2v) is 5.09. The lowest BCUT2D eigenvalue weighted by Gasteiger charge is -2.17. The van der Waals surface area contributed by atoms with Crippen LogP contribution < -0.4 is 4.90 Å². The normalized spacial score (nSPS) is 14.4. The van der Waals surface area contributed by atoms with Crippen LogP contribution in [0.5, 0.6) is 0 Å². The van der Waals surface area contributed by atoms with Gasteiger partial charge in [-0.05, 0) is 18.9 Å². The maximum atomic E-state index is 6.06. The highest BCUT2D eigenvalue weighted by atomic mass is 35.5. The molecule has 1 aliphatic carbocycles. The summed E-state index contributed by atoms with van der Waals surface area (Å²) in [6, 6.07) is 3.58. The predicted octanol–water partition coefficient (Wildman–Crippen LogP) is 2.43. The molecule has 0 bridgehead atoms. The molecule has 0 saturated heterocycles. The molecule has 0 atom stereocenters. The van der Waals surface area contributed by atoms with E-state index in [-0.39, 0.29) is 0 Å². The predicted molar refractivity (Wildman–Crippen MR) is 73.2 cm³/mol. The Bertz CT molecular complexity index is 571. The molecule has 1 saturated carbocycles. The molecule has 2 heterocycles. The highest BCUT2D eigenvalue weighted by molar-refractivity contribution is 6.29. The van der Waals surface area contributed by atoms with Gasteiger partial charge in [-0.25, -0.2) is 19.9 Å². The zero-order valence-corrected chi connectivity index (χ0v) is 11.4. The van der Waals surface area contributed by atoms with Crippen LogP contribution in [0.15, 0.2) is 24.5 Å². The lowest BCUT2D eigenvalue weighted by molar-refractivity contribution is 0.807. The molecular weight excluding hydrogens is 262 g/mol. The van der Waals surface area contributed by atoms with Crippen LogP contribution in [0, 0.1) is 0 Å². The molecule has 98 valence electrons. The lowest BCUT2D eigenvalue weighted by atomic mass is 10.4. The number of halogens is 1. The number of aromatic nitrogens is 4. The summed E-state index contributed by atoms with van der Waals surface area (Å²) >= 11 is 6.06. The summed E-state index contributed by atoms with van der Waals surface area (Å²) in [6.07, 6.45) is 5.79. The third-order valence-electron chi connectivity index (χ3n) is 3.03. The van der Waals surface area contributed by atoms with Crippen molar-refractivity contribution in [3.63, 3.8) is 0 Å². The van der Waals surface area contributed by atoms with Crippen LogP contribution in [-0.4, -0.2) is 27.0 Å². The molecule has 1 fully saturated rings. The lowest BCUT2D eigenvalue weighted by Crippen LogP contribution is -2.20. The maximum Gasteiger partial charge on any atom is 0.147 e. The van der Waals surface area contributed by atoms with E-state index in [0.717, 1.165) is 30.3 Å². The molecular formula is C13H14ClN5. The first-order valence-corrected chi connectivity index (χ1v) is 6.61. The first-order valence-electron chi connectivity index (χ1n) is 6.24. The van der Waals surface area contributed by atoms with Crippen LogP contribution in [0.2, 0.25) is 5.15 Å². The van der Waals surface area contributed by atoms with Crippen LogP contribution >= 0.6 is 11.6 Å². The zero-order chi connectivity index (χ0) is 13.2. The molecule has 0 spiro atoms. The Balaban J connectivity index is 1.81. The van der Waals surface area contributed by atoms with E-state index in [0.29, 0.717) is 17.6 Å². The summed E-state index contributed by atoms with van der Waals surface area (Å²) in [5, 5.41) is 0.493. The van der Waals surface area contributed by atoms with E-state index in [1.54, 1.807) is 24.5 Å². The molecule has 0 N–H and O–H groups in total. The van der Waals surface area contributed by atoms with Crippen LogP contribution in [0.25, 0.3) is 0 Å². The molecule has 1 aliphatic rings. The van der Waals surface area contributed by atoms with Crippen molar-refractivity contribution in [3.05, 3.63) is 41.3 Å². The molecule has 0 unspecified atom stereocenters. The van der Waals surface area contributed by atoms with Crippen molar-refractivity contribution in [2.75, 3.05) is 11.9 Å². The van der Waals surface area contributed by atoms with E-state index in [1.807, 2.05) is 11.9 Å². The van der Waals surface area contributed by atoms with Gasteiger partial charge < -0.3 is 4.90 Å². The number of nitrogens with zero attached hydrogens (tertiary/aromatic N) is 5. The van der Waals surface area contributed by atoms with Gasteiger partial charge in [0.25, 0.3) is 0 Å². The third kappa shape index (κ3) is 2.98. The monoisotopic (exact) mass is 275 g/mol. The van der Waals surface area contributed by atoms with Crippen LogP contribution in [0.1, 0.15) is 30.4 Å². The number of hydrogen-bond acceptors (Lipinski definition) is 5. The van der Waals surface area contributed by atoms with Gasteiger partial charge in [-0.1, -0.05) is 11.6 Å². The largest absolute Gasteiger partial charge is 0.352 e. The summed E-state index contributed by atoms with van der Waals surface area (Å²) < 4.78 is 0. The fourth-order valence-electron chi connectivity index (χ4n) is 1.85. The molecule has 0 aliphatic heterocycles. The van der Waals surface area contributed by atoms with Crippen LogP contribution in [0.4, 0.5) is 5.82 Å². The summed E-state index contributed by atoms with van der Waals surface area (Å²) in [5.74, 6) is 2.91. The molecule has 0 aromatic carbocycles.